The van der Waals surface area contributed by atoms with Crippen LogP contribution in [0.4, 0.5) is 5.69 Å². The molecule has 0 saturated carbocycles. The van der Waals surface area contributed by atoms with Crippen LogP contribution >= 0.6 is 11.6 Å². The molecule has 0 saturated heterocycles. The highest BCUT2D eigenvalue weighted by atomic mass is 35.5. The second kappa shape index (κ2) is 11.5. The first-order valence-electron chi connectivity index (χ1n) is 11.0. The molecule has 8 nitrogen and oxygen atoms in total. The molecular formula is C26H29ClN2O6S. The lowest BCUT2D eigenvalue weighted by Gasteiger charge is -2.25. The highest BCUT2D eigenvalue weighted by molar-refractivity contribution is 7.93. The first kappa shape index (κ1) is 27.2. The van der Waals surface area contributed by atoms with Crippen molar-refractivity contribution in [1.82, 2.24) is 5.32 Å². The third-order valence-electron chi connectivity index (χ3n) is 5.61. The van der Waals surface area contributed by atoms with Crippen LogP contribution in [0.2, 0.25) is 5.02 Å². The van der Waals surface area contributed by atoms with Gasteiger partial charge >= 0.3 is 0 Å². The van der Waals surface area contributed by atoms with Gasteiger partial charge in [-0.2, -0.15) is 0 Å². The second-order valence-corrected chi connectivity index (χ2v) is 10.3. The van der Waals surface area contributed by atoms with Crippen LogP contribution in [0.5, 0.6) is 17.2 Å². The van der Waals surface area contributed by atoms with Crippen LogP contribution in [0, 0.1) is 13.8 Å². The van der Waals surface area contributed by atoms with Crippen molar-refractivity contribution in [3.05, 3.63) is 76.3 Å². The minimum atomic E-state index is -4.21. The van der Waals surface area contributed by atoms with Crippen molar-refractivity contribution in [2.45, 2.75) is 25.3 Å². The predicted molar refractivity (Wildman–Crippen MR) is 140 cm³/mol. The lowest BCUT2D eigenvalue weighted by Crippen LogP contribution is -2.41. The molecule has 3 aromatic carbocycles. The van der Waals surface area contributed by atoms with Crippen molar-refractivity contribution < 1.29 is 27.4 Å². The zero-order chi connectivity index (χ0) is 26.5. The number of aryl methyl sites for hydroxylation is 2. The standard InChI is InChI=1S/C26H29ClN2O6S/c1-17-9-12-24(35-5)25(13-17)36(31,32)29(19-11-10-18(2)21(27)14-19)16-26(30)28-15-20-22(33-3)7-6-8-23(20)34-4/h6-14H,15-16H2,1-5H3,(H,28,30). The first-order chi connectivity index (χ1) is 17.1. The summed E-state index contributed by atoms with van der Waals surface area (Å²) in [6.45, 7) is 3.17. The van der Waals surface area contributed by atoms with Gasteiger partial charge in [0.2, 0.25) is 5.91 Å². The van der Waals surface area contributed by atoms with Gasteiger partial charge in [0.15, 0.2) is 0 Å². The van der Waals surface area contributed by atoms with Gasteiger partial charge in [0.25, 0.3) is 10.0 Å². The Bertz CT molecular complexity index is 1340. The molecule has 3 rings (SSSR count). The van der Waals surface area contributed by atoms with Gasteiger partial charge in [-0.25, -0.2) is 8.42 Å². The Hall–Kier alpha value is -3.43. The van der Waals surface area contributed by atoms with Crippen LogP contribution in [0.1, 0.15) is 16.7 Å². The van der Waals surface area contributed by atoms with Crippen molar-refractivity contribution in [1.29, 1.82) is 0 Å². The molecule has 36 heavy (non-hydrogen) atoms. The lowest BCUT2D eigenvalue weighted by molar-refractivity contribution is -0.119. The van der Waals surface area contributed by atoms with E-state index in [1.165, 1.54) is 33.5 Å². The van der Waals surface area contributed by atoms with Crippen LogP contribution in [-0.2, 0) is 21.4 Å². The number of halogens is 1. The smallest absolute Gasteiger partial charge is 0.268 e. The normalized spacial score (nSPS) is 11.1. The van der Waals surface area contributed by atoms with Gasteiger partial charge in [-0.15, -0.1) is 0 Å². The van der Waals surface area contributed by atoms with Gasteiger partial charge in [-0.05, 0) is 61.4 Å². The monoisotopic (exact) mass is 532 g/mol. The summed E-state index contributed by atoms with van der Waals surface area (Å²) in [6, 6.07) is 14.9. The van der Waals surface area contributed by atoms with Crippen molar-refractivity contribution >= 4 is 33.2 Å². The van der Waals surface area contributed by atoms with E-state index in [1.54, 1.807) is 49.4 Å². The fourth-order valence-electron chi connectivity index (χ4n) is 3.63. The summed E-state index contributed by atoms with van der Waals surface area (Å²) in [5, 5.41) is 3.15. The number of nitrogens with one attached hydrogen (secondary N) is 1. The van der Waals surface area contributed by atoms with Crippen LogP contribution < -0.4 is 23.8 Å². The number of benzene rings is 3. The Balaban J connectivity index is 1.98. The van der Waals surface area contributed by atoms with Crippen LogP contribution in [-0.4, -0.2) is 42.2 Å². The Morgan fingerprint density at radius 1 is 0.917 bits per heavy atom. The largest absolute Gasteiger partial charge is 0.496 e. The van der Waals surface area contributed by atoms with Gasteiger partial charge in [0.1, 0.15) is 28.7 Å². The third-order valence-corrected chi connectivity index (χ3v) is 7.81. The molecule has 0 unspecified atom stereocenters. The molecule has 0 aliphatic carbocycles. The average molecular weight is 533 g/mol. The predicted octanol–water partition coefficient (Wildman–Crippen LogP) is 4.49. The van der Waals surface area contributed by atoms with Crippen LogP contribution in [0.15, 0.2) is 59.5 Å². The fraction of sp³-hybridized carbons (Fsp3) is 0.269. The number of amides is 1. The number of rotatable bonds is 10. The molecule has 1 amide bonds. The molecule has 10 heteroatoms. The van der Waals surface area contributed by atoms with Crippen molar-refractivity contribution in [3.8, 4) is 17.2 Å². The average Bonchev–Trinajstić information content (AvgIpc) is 2.87. The number of methoxy groups -OCH3 is 3. The molecular weight excluding hydrogens is 504 g/mol. The Morgan fingerprint density at radius 3 is 2.14 bits per heavy atom. The van der Waals surface area contributed by atoms with E-state index < -0.39 is 22.5 Å². The summed E-state index contributed by atoms with van der Waals surface area (Å²) in [7, 11) is 0.217. The molecule has 0 aromatic heterocycles. The quantitative estimate of drug-likeness (QED) is 0.413. The molecule has 192 valence electrons. The van der Waals surface area contributed by atoms with E-state index in [0.29, 0.717) is 22.1 Å². The van der Waals surface area contributed by atoms with E-state index in [0.717, 1.165) is 15.4 Å². The van der Waals surface area contributed by atoms with Crippen molar-refractivity contribution in [3.63, 3.8) is 0 Å². The molecule has 0 heterocycles. The number of sulfonamides is 1. The Labute approximate surface area is 216 Å². The maximum Gasteiger partial charge on any atom is 0.268 e. The SMILES string of the molecule is COc1ccc(C)cc1S(=O)(=O)N(CC(=O)NCc1c(OC)cccc1OC)c1ccc(C)c(Cl)c1. The summed E-state index contributed by atoms with van der Waals surface area (Å²) in [6.07, 6.45) is 0. The van der Waals surface area contributed by atoms with Gasteiger partial charge in [0, 0.05) is 5.02 Å². The molecule has 0 radical (unpaired) electrons. The fourth-order valence-corrected chi connectivity index (χ4v) is 5.46. The molecule has 0 bridgehead atoms. The summed E-state index contributed by atoms with van der Waals surface area (Å²) < 4.78 is 44.8. The highest BCUT2D eigenvalue weighted by Gasteiger charge is 2.30. The minimum absolute atomic E-state index is 0.0547. The van der Waals surface area contributed by atoms with E-state index in [4.69, 9.17) is 25.8 Å². The molecule has 0 aliphatic rings. The molecule has 3 aromatic rings. The first-order valence-corrected chi connectivity index (χ1v) is 12.8. The van der Waals surface area contributed by atoms with E-state index >= 15 is 0 Å². The minimum Gasteiger partial charge on any atom is -0.496 e. The van der Waals surface area contributed by atoms with E-state index in [1.807, 2.05) is 6.92 Å². The van der Waals surface area contributed by atoms with E-state index in [2.05, 4.69) is 5.32 Å². The topological polar surface area (TPSA) is 94.2 Å². The molecule has 0 fully saturated rings. The van der Waals surface area contributed by atoms with Gasteiger partial charge < -0.3 is 19.5 Å². The second-order valence-electron chi connectivity index (χ2n) is 8.02. The number of anilines is 1. The third kappa shape index (κ3) is 5.85. The molecule has 0 aliphatic heterocycles. The summed E-state index contributed by atoms with van der Waals surface area (Å²) in [5.41, 5.74) is 2.38. The Kier molecular flexibility index (Phi) is 8.70. The number of carbonyl (C=O) groups is 1. The number of hydrogen-bond donors (Lipinski definition) is 1. The van der Waals surface area contributed by atoms with E-state index in [9.17, 15) is 13.2 Å². The van der Waals surface area contributed by atoms with Gasteiger partial charge in [0.05, 0.1) is 39.1 Å². The van der Waals surface area contributed by atoms with Gasteiger partial charge in [-0.3, -0.25) is 9.10 Å². The van der Waals surface area contributed by atoms with Crippen molar-refractivity contribution in [2.24, 2.45) is 0 Å². The number of nitrogens with zero attached hydrogens (tertiary/aromatic N) is 1. The summed E-state index contributed by atoms with van der Waals surface area (Å²) in [4.78, 5) is 13.0. The summed E-state index contributed by atoms with van der Waals surface area (Å²) in [5.74, 6) is 0.709. The van der Waals surface area contributed by atoms with Crippen LogP contribution in [0.25, 0.3) is 0 Å². The number of ether oxygens (including phenoxy) is 3. The van der Waals surface area contributed by atoms with Crippen LogP contribution in [0.3, 0.4) is 0 Å². The maximum atomic E-state index is 13.9. The zero-order valence-electron chi connectivity index (χ0n) is 20.8. The maximum absolute atomic E-state index is 13.9. The highest BCUT2D eigenvalue weighted by Crippen LogP contribution is 2.33. The van der Waals surface area contributed by atoms with E-state index in [-0.39, 0.29) is 22.9 Å². The number of carbonyl (C=O) groups excluding carboxylic acids is 1. The zero-order valence-corrected chi connectivity index (χ0v) is 22.4. The summed E-state index contributed by atoms with van der Waals surface area (Å²) >= 11 is 6.31. The Morgan fingerprint density at radius 2 is 1.56 bits per heavy atom. The molecule has 0 spiro atoms. The molecule has 1 N–H and O–H groups in total. The number of hydrogen-bond acceptors (Lipinski definition) is 6. The molecule has 0 atom stereocenters. The lowest BCUT2D eigenvalue weighted by atomic mass is 10.1. The van der Waals surface area contributed by atoms with Crippen molar-refractivity contribution in [2.75, 3.05) is 32.2 Å². The van der Waals surface area contributed by atoms with Gasteiger partial charge in [-0.1, -0.05) is 29.8 Å².